The number of hydrogen-bond donors (Lipinski definition) is 1. The van der Waals surface area contributed by atoms with Gasteiger partial charge in [-0.25, -0.2) is 4.98 Å². The Morgan fingerprint density at radius 3 is 2.81 bits per heavy atom. The lowest BCUT2D eigenvalue weighted by Gasteiger charge is -2.26. The summed E-state index contributed by atoms with van der Waals surface area (Å²) in [5.41, 5.74) is 7.70. The fraction of sp³-hybridized carbons (Fsp3) is 0.185. The number of thiazole rings is 1. The lowest BCUT2D eigenvalue weighted by Crippen LogP contribution is -2.30. The molecule has 6 rings (SSSR count). The summed E-state index contributed by atoms with van der Waals surface area (Å²) in [6.07, 6.45) is 5.26. The maximum atomic E-state index is 13.1. The van der Waals surface area contributed by atoms with Gasteiger partial charge in [0.05, 0.1) is 22.0 Å². The van der Waals surface area contributed by atoms with Gasteiger partial charge >= 0.3 is 0 Å². The number of carbonyl (C=O) groups excluding carboxylic acids is 1. The summed E-state index contributed by atoms with van der Waals surface area (Å²) in [6.45, 7) is 2.09. The number of aryl methyl sites for hydroxylation is 2. The summed E-state index contributed by atoms with van der Waals surface area (Å²) in [6, 6.07) is 22.9. The van der Waals surface area contributed by atoms with Crippen molar-refractivity contribution in [3.8, 4) is 11.3 Å². The van der Waals surface area contributed by atoms with Crippen LogP contribution in [0.5, 0.6) is 0 Å². The number of imidazole rings is 1. The van der Waals surface area contributed by atoms with Crippen LogP contribution in [-0.2, 0) is 6.42 Å². The molecule has 5 aromatic rings. The molecule has 5 heteroatoms. The Kier molecular flexibility index (Phi) is 4.58. The van der Waals surface area contributed by atoms with Crippen molar-refractivity contribution in [2.24, 2.45) is 0 Å². The number of rotatable bonds is 3. The second-order valence-electron chi connectivity index (χ2n) is 8.55. The Labute approximate surface area is 190 Å². The molecule has 0 aliphatic heterocycles. The zero-order valence-electron chi connectivity index (χ0n) is 17.8. The summed E-state index contributed by atoms with van der Waals surface area (Å²) in [5.74, 6) is -0.0139. The first-order valence-electron chi connectivity index (χ1n) is 11.0. The summed E-state index contributed by atoms with van der Waals surface area (Å²) >= 11 is 1.62. The van der Waals surface area contributed by atoms with Crippen LogP contribution in [0.25, 0.3) is 26.4 Å². The van der Waals surface area contributed by atoms with Crippen molar-refractivity contribution < 1.29 is 4.79 Å². The summed E-state index contributed by atoms with van der Waals surface area (Å²) in [7, 11) is 0. The minimum Gasteiger partial charge on any atom is -0.345 e. The molecule has 1 N–H and O–H groups in total. The van der Waals surface area contributed by atoms with Crippen LogP contribution < -0.4 is 5.32 Å². The van der Waals surface area contributed by atoms with Crippen LogP contribution in [0.15, 0.2) is 72.9 Å². The molecule has 4 nitrogen and oxygen atoms in total. The predicted molar refractivity (Wildman–Crippen MR) is 130 cm³/mol. The number of carbonyl (C=O) groups is 1. The fourth-order valence-electron chi connectivity index (χ4n) is 4.65. The van der Waals surface area contributed by atoms with E-state index in [4.69, 9.17) is 4.98 Å². The van der Waals surface area contributed by atoms with Gasteiger partial charge in [0.1, 0.15) is 0 Å². The van der Waals surface area contributed by atoms with Gasteiger partial charge in [0.2, 0.25) is 0 Å². The van der Waals surface area contributed by atoms with Gasteiger partial charge in [-0.15, -0.1) is 0 Å². The van der Waals surface area contributed by atoms with Crippen LogP contribution in [0.1, 0.15) is 45.9 Å². The number of nitrogens with one attached hydrogen (secondary N) is 1. The summed E-state index contributed by atoms with van der Waals surface area (Å²) in [4.78, 5) is 18.8. The standard InChI is InChI=1S/C27H23N3OS/c1-17-9-11-19(12-10-17)23-16-30-24-14-13-20(15-25(24)32-27(30)29-23)26(31)28-22-8-4-6-18-5-2-3-7-21(18)22/h2-3,5,7,9-16,22H,4,6,8H2,1H3,(H,28,31). The van der Waals surface area contributed by atoms with E-state index in [-0.39, 0.29) is 11.9 Å². The van der Waals surface area contributed by atoms with Gasteiger partial charge in [0, 0.05) is 17.3 Å². The number of aromatic nitrogens is 2. The maximum Gasteiger partial charge on any atom is 0.251 e. The number of hydrogen-bond acceptors (Lipinski definition) is 3. The first kappa shape index (κ1) is 19.3. The molecule has 158 valence electrons. The van der Waals surface area contributed by atoms with Crippen molar-refractivity contribution in [2.45, 2.75) is 32.2 Å². The van der Waals surface area contributed by atoms with Crippen molar-refractivity contribution in [1.82, 2.24) is 14.7 Å². The highest BCUT2D eigenvalue weighted by Crippen LogP contribution is 2.32. The fourth-order valence-corrected chi connectivity index (χ4v) is 5.70. The van der Waals surface area contributed by atoms with Crippen molar-refractivity contribution in [2.75, 3.05) is 0 Å². The Hall–Kier alpha value is -3.44. The largest absolute Gasteiger partial charge is 0.345 e. The SMILES string of the molecule is Cc1ccc(-c2cn3c(n2)sc2cc(C(=O)NC4CCCc5ccccc54)ccc23)cc1. The van der Waals surface area contributed by atoms with Crippen molar-refractivity contribution in [3.05, 3.63) is 95.2 Å². The molecule has 0 spiro atoms. The monoisotopic (exact) mass is 437 g/mol. The Morgan fingerprint density at radius 2 is 1.94 bits per heavy atom. The highest BCUT2D eigenvalue weighted by molar-refractivity contribution is 7.23. The van der Waals surface area contributed by atoms with Gasteiger partial charge in [0.25, 0.3) is 5.91 Å². The molecule has 0 bridgehead atoms. The topological polar surface area (TPSA) is 46.4 Å². The Bertz CT molecular complexity index is 1460. The third-order valence-electron chi connectivity index (χ3n) is 6.38. The molecule has 2 heterocycles. The zero-order chi connectivity index (χ0) is 21.7. The molecule has 3 aromatic carbocycles. The van der Waals surface area contributed by atoms with Crippen molar-refractivity contribution in [1.29, 1.82) is 0 Å². The second-order valence-corrected chi connectivity index (χ2v) is 9.56. The lowest BCUT2D eigenvalue weighted by atomic mass is 9.87. The Balaban J connectivity index is 1.29. The Morgan fingerprint density at radius 1 is 1.09 bits per heavy atom. The van der Waals surface area contributed by atoms with Crippen molar-refractivity contribution in [3.63, 3.8) is 0 Å². The molecule has 0 radical (unpaired) electrons. The first-order chi connectivity index (χ1) is 15.7. The highest BCUT2D eigenvalue weighted by Gasteiger charge is 2.22. The molecule has 1 atom stereocenters. The number of nitrogens with zero attached hydrogens (tertiary/aromatic N) is 2. The van der Waals surface area contributed by atoms with Crippen LogP contribution in [0.3, 0.4) is 0 Å². The van der Waals surface area contributed by atoms with Crippen LogP contribution in [0, 0.1) is 6.92 Å². The molecule has 1 aliphatic carbocycles. The van der Waals surface area contributed by atoms with E-state index in [0.29, 0.717) is 5.56 Å². The van der Waals surface area contributed by atoms with Gasteiger partial charge in [-0.3, -0.25) is 9.20 Å². The third kappa shape index (κ3) is 3.30. The average Bonchev–Trinajstić information content (AvgIpc) is 3.37. The molecular weight excluding hydrogens is 414 g/mol. The molecule has 32 heavy (non-hydrogen) atoms. The van der Waals surface area contributed by atoms with Gasteiger partial charge in [0.15, 0.2) is 4.96 Å². The molecule has 1 unspecified atom stereocenters. The van der Waals surface area contributed by atoms with E-state index < -0.39 is 0 Å². The van der Waals surface area contributed by atoms with Crippen molar-refractivity contribution >= 4 is 32.4 Å². The molecular formula is C27H23N3OS. The van der Waals surface area contributed by atoms with Gasteiger partial charge in [-0.1, -0.05) is 65.4 Å². The van der Waals surface area contributed by atoms with E-state index in [2.05, 4.69) is 71.4 Å². The molecule has 0 fully saturated rings. The lowest BCUT2D eigenvalue weighted by molar-refractivity contribution is 0.0933. The van der Waals surface area contributed by atoms with Gasteiger partial charge in [-0.05, 0) is 55.5 Å². The molecule has 0 saturated carbocycles. The summed E-state index contributed by atoms with van der Waals surface area (Å²) < 4.78 is 3.19. The number of amides is 1. The quantitative estimate of drug-likeness (QED) is 0.358. The molecule has 1 aliphatic rings. The third-order valence-corrected chi connectivity index (χ3v) is 7.40. The van der Waals surface area contributed by atoms with Gasteiger partial charge < -0.3 is 5.32 Å². The number of benzene rings is 3. The van der Waals surface area contributed by atoms with Crippen LogP contribution in [0.4, 0.5) is 0 Å². The van der Waals surface area contributed by atoms with E-state index in [0.717, 1.165) is 45.7 Å². The zero-order valence-corrected chi connectivity index (χ0v) is 18.7. The maximum absolute atomic E-state index is 13.1. The second kappa shape index (κ2) is 7.61. The van der Waals surface area contributed by atoms with E-state index in [1.54, 1.807) is 11.3 Å². The normalized spacial score (nSPS) is 15.7. The minimum absolute atomic E-state index is 0.0139. The van der Waals surface area contributed by atoms with E-state index in [1.807, 2.05) is 18.2 Å². The molecule has 0 saturated heterocycles. The molecule has 1 amide bonds. The number of fused-ring (bicyclic) bond motifs is 4. The highest BCUT2D eigenvalue weighted by atomic mass is 32.1. The average molecular weight is 438 g/mol. The summed E-state index contributed by atoms with van der Waals surface area (Å²) in [5, 5.41) is 3.26. The first-order valence-corrected chi connectivity index (χ1v) is 11.8. The van der Waals surface area contributed by atoms with Gasteiger partial charge in [-0.2, -0.15) is 0 Å². The van der Waals surface area contributed by atoms with E-state index in [9.17, 15) is 4.79 Å². The van der Waals surface area contributed by atoms with Crippen LogP contribution in [0.2, 0.25) is 0 Å². The van der Waals surface area contributed by atoms with Crippen LogP contribution in [-0.4, -0.2) is 15.3 Å². The van der Waals surface area contributed by atoms with E-state index >= 15 is 0 Å². The molecule has 2 aromatic heterocycles. The minimum atomic E-state index is -0.0139. The van der Waals surface area contributed by atoms with Crippen LogP contribution >= 0.6 is 11.3 Å². The predicted octanol–water partition coefficient (Wildman–Crippen LogP) is 6.33. The smallest absolute Gasteiger partial charge is 0.251 e. The van der Waals surface area contributed by atoms with E-state index in [1.165, 1.54) is 16.7 Å².